The van der Waals surface area contributed by atoms with Crippen LogP contribution in [-0.4, -0.2) is 17.8 Å². The van der Waals surface area contributed by atoms with E-state index in [0.717, 1.165) is 0 Å². The van der Waals surface area contributed by atoms with E-state index in [9.17, 15) is 9.18 Å². The maximum absolute atomic E-state index is 13.6. The van der Waals surface area contributed by atoms with E-state index in [1.54, 1.807) is 0 Å². The molecule has 2 atom stereocenters. The SMILES string of the molecule is CC(CCl)C(C)NC(=O)c1cccc(Cl)c1F. The maximum Gasteiger partial charge on any atom is 0.254 e. The zero-order valence-corrected chi connectivity index (χ0v) is 11.1. The summed E-state index contributed by atoms with van der Waals surface area (Å²) in [6.07, 6.45) is 0. The largest absolute Gasteiger partial charge is 0.349 e. The summed E-state index contributed by atoms with van der Waals surface area (Å²) < 4.78 is 13.6. The molecule has 0 aliphatic carbocycles. The zero-order valence-electron chi connectivity index (χ0n) is 9.64. The summed E-state index contributed by atoms with van der Waals surface area (Å²) in [7, 11) is 0. The Morgan fingerprint density at radius 1 is 1.47 bits per heavy atom. The van der Waals surface area contributed by atoms with Crippen molar-refractivity contribution in [3.8, 4) is 0 Å². The van der Waals surface area contributed by atoms with Gasteiger partial charge in [-0.3, -0.25) is 4.79 Å². The molecule has 0 saturated carbocycles. The Morgan fingerprint density at radius 2 is 2.12 bits per heavy atom. The molecule has 0 spiro atoms. The molecule has 5 heteroatoms. The van der Waals surface area contributed by atoms with Gasteiger partial charge in [-0.25, -0.2) is 4.39 Å². The van der Waals surface area contributed by atoms with Gasteiger partial charge in [0.25, 0.3) is 5.91 Å². The van der Waals surface area contributed by atoms with E-state index in [-0.39, 0.29) is 22.5 Å². The van der Waals surface area contributed by atoms with Gasteiger partial charge in [0, 0.05) is 11.9 Å². The predicted molar refractivity (Wildman–Crippen MR) is 68.2 cm³/mol. The van der Waals surface area contributed by atoms with E-state index in [4.69, 9.17) is 23.2 Å². The maximum atomic E-state index is 13.6. The lowest BCUT2D eigenvalue weighted by Gasteiger charge is -2.19. The molecule has 1 aromatic carbocycles. The van der Waals surface area contributed by atoms with Crippen LogP contribution >= 0.6 is 23.2 Å². The third-order valence-electron chi connectivity index (χ3n) is 2.65. The highest BCUT2D eigenvalue weighted by molar-refractivity contribution is 6.31. The van der Waals surface area contributed by atoms with Crippen molar-refractivity contribution in [2.75, 3.05) is 5.88 Å². The van der Waals surface area contributed by atoms with Crippen LogP contribution in [0.4, 0.5) is 4.39 Å². The van der Waals surface area contributed by atoms with Crippen LogP contribution in [0.15, 0.2) is 18.2 Å². The molecule has 0 bridgehead atoms. The van der Waals surface area contributed by atoms with Crippen LogP contribution in [0.1, 0.15) is 24.2 Å². The Balaban J connectivity index is 2.80. The van der Waals surface area contributed by atoms with Gasteiger partial charge in [-0.2, -0.15) is 0 Å². The number of rotatable bonds is 4. The van der Waals surface area contributed by atoms with Crippen molar-refractivity contribution in [2.45, 2.75) is 19.9 Å². The van der Waals surface area contributed by atoms with Crippen molar-refractivity contribution in [3.63, 3.8) is 0 Å². The molecule has 0 aliphatic rings. The van der Waals surface area contributed by atoms with Gasteiger partial charge in [-0.1, -0.05) is 24.6 Å². The average Bonchev–Trinajstić information content (AvgIpc) is 2.31. The normalized spacial score (nSPS) is 14.2. The van der Waals surface area contributed by atoms with Crippen LogP contribution in [0.5, 0.6) is 0 Å². The molecule has 1 aromatic rings. The van der Waals surface area contributed by atoms with Gasteiger partial charge in [-0.05, 0) is 25.0 Å². The number of amides is 1. The van der Waals surface area contributed by atoms with Crippen molar-refractivity contribution >= 4 is 29.1 Å². The van der Waals surface area contributed by atoms with Gasteiger partial charge in [0.1, 0.15) is 0 Å². The van der Waals surface area contributed by atoms with Crippen molar-refractivity contribution in [1.82, 2.24) is 5.32 Å². The summed E-state index contributed by atoms with van der Waals surface area (Å²) >= 11 is 11.3. The average molecular weight is 278 g/mol. The van der Waals surface area contributed by atoms with Crippen LogP contribution in [0, 0.1) is 11.7 Å². The Hall–Kier alpha value is -0.800. The lowest BCUT2D eigenvalue weighted by atomic mass is 10.1. The summed E-state index contributed by atoms with van der Waals surface area (Å²) in [5, 5.41) is 2.63. The highest BCUT2D eigenvalue weighted by Crippen LogP contribution is 2.18. The summed E-state index contributed by atoms with van der Waals surface area (Å²) in [5.41, 5.74) is -0.0499. The van der Waals surface area contributed by atoms with E-state index in [2.05, 4.69) is 5.32 Å². The van der Waals surface area contributed by atoms with Gasteiger partial charge in [0.05, 0.1) is 10.6 Å². The molecule has 0 heterocycles. The molecule has 0 aliphatic heterocycles. The molecule has 2 nitrogen and oxygen atoms in total. The number of nitrogens with one attached hydrogen (secondary N) is 1. The molecule has 0 saturated heterocycles. The number of benzene rings is 1. The lowest BCUT2D eigenvalue weighted by molar-refractivity contribution is 0.0927. The Labute approximate surface area is 110 Å². The number of carbonyl (C=O) groups is 1. The quantitative estimate of drug-likeness (QED) is 0.839. The van der Waals surface area contributed by atoms with Crippen LogP contribution in [0.2, 0.25) is 5.02 Å². The number of halogens is 3. The second-order valence-corrected chi connectivity index (χ2v) is 4.71. The topological polar surface area (TPSA) is 29.1 Å². The molecule has 0 aromatic heterocycles. The van der Waals surface area contributed by atoms with E-state index in [1.165, 1.54) is 18.2 Å². The van der Waals surface area contributed by atoms with E-state index in [0.29, 0.717) is 5.88 Å². The highest BCUT2D eigenvalue weighted by Gasteiger charge is 2.18. The summed E-state index contributed by atoms with van der Waals surface area (Å²) in [6.45, 7) is 3.74. The third-order valence-corrected chi connectivity index (χ3v) is 3.43. The first kappa shape index (κ1) is 14.3. The lowest BCUT2D eigenvalue weighted by Crippen LogP contribution is -2.38. The zero-order chi connectivity index (χ0) is 13.0. The van der Waals surface area contributed by atoms with Crippen LogP contribution in [-0.2, 0) is 0 Å². The van der Waals surface area contributed by atoms with E-state index in [1.807, 2.05) is 13.8 Å². The fraction of sp³-hybridized carbons (Fsp3) is 0.417. The molecular weight excluding hydrogens is 264 g/mol. The minimum atomic E-state index is -0.697. The van der Waals surface area contributed by atoms with Crippen LogP contribution in [0.25, 0.3) is 0 Å². The van der Waals surface area contributed by atoms with Crippen molar-refractivity contribution in [3.05, 3.63) is 34.6 Å². The standard InChI is InChI=1S/C12H14Cl2FNO/c1-7(6-13)8(2)16-12(17)9-4-3-5-10(14)11(9)15/h3-5,7-8H,6H2,1-2H3,(H,16,17). The van der Waals surface area contributed by atoms with Crippen LogP contribution < -0.4 is 5.32 Å². The van der Waals surface area contributed by atoms with Gasteiger partial charge < -0.3 is 5.32 Å². The molecule has 17 heavy (non-hydrogen) atoms. The summed E-state index contributed by atoms with van der Waals surface area (Å²) in [6, 6.07) is 4.21. The molecular formula is C12H14Cl2FNO. The molecule has 2 unspecified atom stereocenters. The predicted octanol–water partition coefficient (Wildman–Crippen LogP) is 3.47. The highest BCUT2D eigenvalue weighted by atomic mass is 35.5. The number of carbonyl (C=O) groups excluding carboxylic acids is 1. The minimum Gasteiger partial charge on any atom is -0.349 e. The summed E-state index contributed by atoms with van der Waals surface area (Å²) in [4.78, 5) is 11.8. The Bertz CT molecular complexity index is 411. The number of alkyl halides is 1. The Morgan fingerprint density at radius 3 is 2.71 bits per heavy atom. The third kappa shape index (κ3) is 3.58. The van der Waals surface area contributed by atoms with Crippen molar-refractivity contribution in [1.29, 1.82) is 0 Å². The molecule has 0 fully saturated rings. The van der Waals surface area contributed by atoms with Crippen LogP contribution in [0.3, 0.4) is 0 Å². The first-order chi connectivity index (χ1) is 7.97. The number of hydrogen-bond acceptors (Lipinski definition) is 1. The fourth-order valence-corrected chi connectivity index (χ4v) is 1.68. The van der Waals surface area contributed by atoms with Gasteiger partial charge >= 0.3 is 0 Å². The second kappa shape index (κ2) is 6.22. The molecule has 1 rings (SSSR count). The van der Waals surface area contributed by atoms with Crippen molar-refractivity contribution < 1.29 is 9.18 Å². The van der Waals surface area contributed by atoms with Gasteiger partial charge in [0.2, 0.25) is 0 Å². The van der Waals surface area contributed by atoms with E-state index < -0.39 is 11.7 Å². The molecule has 0 radical (unpaired) electrons. The van der Waals surface area contributed by atoms with E-state index >= 15 is 0 Å². The second-order valence-electron chi connectivity index (χ2n) is 4.00. The summed E-state index contributed by atoms with van der Waals surface area (Å²) in [5.74, 6) is -0.630. The smallest absolute Gasteiger partial charge is 0.254 e. The minimum absolute atomic E-state index is 0.0499. The molecule has 94 valence electrons. The van der Waals surface area contributed by atoms with Crippen molar-refractivity contribution in [2.24, 2.45) is 5.92 Å². The fourth-order valence-electron chi connectivity index (χ4n) is 1.24. The number of hydrogen-bond donors (Lipinski definition) is 1. The molecule has 1 N–H and O–H groups in total. The first-order valence-corrected chi connectivity index (χ1v) is 6.19. The monoisotopic (exact) mass is 277 g/mol. The molecule has 1 amide bonds. The Kier molecular flexibility index (Phi) is 5.22. The first-order valence-electron chi connectivity index (χ1n) is 5.28. The van der Waals surface area contributed by atoms with Gasteiger partial charge in [-0.15, -0.1) is 11.6 Å². The van der Waals surface area contributed by atoms with Gasteiger partial charge in [0.15, 0.2) is 5.82 Å².